The predicted octanol–water partition coefficient (Wildman–Crippen LogP) is 3.71. The van der Waals surface area contributed by atoms with Crippen molar-refractivity contribution in [1.82, 2.24) is 9.58 Å². The number of rotatable bonds is 6. The van der Waals surface area contributed by atoms with Gasteiger partial charge in [0.25, 0.3) is 5.69 Å². The standard InChI is InChI=1S/C21H25N3O3/c1-5-22(6-2)11-12-23-17-10-7-14(3)21-19(17)20(24(23)25)16-9-8-15(26-4)13-18(16)27-21/h7-10,13H,5-6,11-12H2,1-4H3. The highest BCUT2D eigenvalue weighted by Crippen LogP contribution is 2.47. The molecule has 0 unspecified atom stereocenters. The van der Waals surface area contributed by atoms with E-state index >= 15 is 0 Å². The van der Waals surface area contributed by atoms with Crippen molar-refractivity contribution in [1.29, 1.82) is 0 Å². The van der Waals surface area contributed by atoms with E-state index in [1.807, 2.05) is 41.9 Å². The number of benzene rings is 2. The maximum atomic E-state index is 13.3. The van der Waals surface area contributed by atoms with Crippen molar-refractivity contribution in [3.63, 3.8) is 0 Å². The van der Waals surface area contributed by atoms with Crippen LogP contribution in [0.2, 0.25) is 0 Å². The Labute approximate surface area is 159 Å². The number of hydrogen-bond donors (Lipinski definition) is 0. The fourth-order valence-electron chi connectivity index (χ4n) is 3.81. The molecule has 142 valence electrons. The summed E-state index contributed by atoms with van der Waals surface area (Å²) in [5.74, 6) is 2.12. The molecule has 1 aliphatic heterocycles. The zero-order valence-corrected chi connectivity index (χ0v) is 16.3. The van der Waals surface area contributed by atoms with Crippen LogP contribution in [0, 0.1) is 12.1 Å². The van der Waals surface area contributed by atoms with Crippen LogP contribution in [0.4, 0.5) is 0 Å². The third-order valence-electron chi connectivity index (χ3n) is 5.44. The largest absolute Gasteiger partial charge is 0.595 e. The van der Waals surface area contributed by atoms with E-state index in [2.05, 4.69) is 18.7 Å². The third-order valence-corrected chi connectivity index (χ3v) is 5.44. The lowest BCUT2D eigenvalue weighted by Crippen LogP contribution is -2.41. The number of fused-ring (bicyclic) bond motifs is 2. The molecule has 1 aromatic heterocycles. The lowest BCUT2D eigenvalue weighted by atomic mass is 10.0. The fourth-order valence-corrected chi connectivity index (χ4v) is 3.81. The first kappa shape index (κ1) is 17.7. The van der Waals surface area contributed by atoms with Gasteiger partial charge in [0.15, 0.2) is 0 Å². The topological polar surface area (TPSA) is 53.6 Å². The first-order chi connectivity index (χ1) is 13.1. The van der Waals surface area contributed by atoms with Gasteiger partial charge in [0.2, 0.25) is 0 Å². The summed E-state index contributed by atoms with van der Waals surface area (Å²) < 4.78 is 13.3. The van der Waals surface area contributed by atoms with Crippen LogP contribution in [0.1, 0.15) is 19.4 Å². The Hall–Kier alpha value is -2.73. The van der Waals surface area contributed by atoms with Crippen LogP contribution in [0.25, 0.3) is 22.2 Å². The number of methoxy groups -OCH3 is 1. The number of aromatic nitrogens is 2. The molecule has 27 heavy (non-hydrogen) atoms. The SMILES string of the molecule is CCN(CC)CCn1c2ccc(C)c3c2c([n+]1[O-])-c1ccc(OC)cc1O3. The molecule has 0 N–H and O–H groups in total. The molecule has 0 radical (unpaired) electrons. The van der Waals surface area contributed by atoms with Gasteiger partial charge in [-0.2, -0.15) is 0 Å². The Bertz CT molecular complexity index is 1010. The van der Waals surface area contributed by atoms with Gasteiger partial charge in [0.05, 0.1) is 19.2 Å². The second kappa shape index (κ2) is 6.78. The summed E-state index contributed by atoms with van der Waals surface area (Å²) in [5, 5.41) is 14.2. The quantitative estimate of drug-likeness (QED) is 0.385. The van der Waals surface area contributed by atoms with E-state index in [-0.39, 0.29) is 0 Å². The van der Waals surface area contributed by atoms with Gasteiger partial charge < -0.3 is 19.6 Å². The van der Waals surface area contributed by atoms with Crippen LogP contribution in [0.5, 0.6) is 17.2 Å². The van der Waals surface area contributed by atoms with E-state index in [4.69, 9.17) is 9.47 Å². The van der Waals surface area contributed by atoms with Gasteiger partial charge in [-0.05, 0) is 43.8 Å². The molecular formula is C21H25N3O3. The third kappa shape index (κ3) is 2.72. The molecule has 3 aromatic rings. The van der Waals surface area contributed by atoms with Crippen LogP contribution in [0.15, 0.2) is 30.3 Å². The van der Waals surface area contributed by atoms with Crippen molar-refractivity contribution in [3.05, 3.63) is 41.1 Å². The van der Waals surface area contributed by atoms with Crippen LogP contribution in [0.3, 0.4) is 0 Å². The maximum Gasteiger partial charge on any atom is 0.266 e. The minimum absolute atomic E-state index is 0.635. The summed E-state index contributed by atoms with van der Waals surface area (Å²) in [5.41, 5.74) is 3.38. The van der Waals surface area contributed by atoms with Crippen molar-refractivity contribution < 1.29 is 14.3 Å². The molecule has 0 fully saturated rings. The highest BCUT2D eigenvalue weighted by molar-refractivity contribution is 6.00. The van der Waals surface area contributed by atoms with Crippen LogP contribution < -0.4 is 14.3 Å². The van der Waals surface area contributed by atoms with E-state index in [9.17, 15) is 5.21 Å². The number of nitrogens with zero attached hydrogens (tertiary/aromatic N) is 3. The predicted molar refractivity (Wildman–Crippen MR) is 105 cm³/mol. The first-order valence-electron chi connectivity index (χ1n) is 9.43. The van der Waals surface area contributed by atoms with Crippen molar-refractivity contribution in [2.24, 2.45) is 0 Å². The summed E-state index contributed by atoms with van der Waals surface area (Å²) in [6.07, 6.45) is 0. The lowest BCUT2D eigenvalue weighted by molar-refractivity contribution is -0.681. The van der Waals surface area contributed by atoms with E-state index in [0.717, 1.165) is 52.3 Å². The molecule has 0 bridgehead atoms. The summed E-state index contributed by atoms with van der Waals surface area (Å²) in [4.78, 5) is 3.35. The molecule has 0 amide bonds. The molecular weight excluding hydrogens is 342 g/mol. The molecule has 0 atom stereocenters. The Morgan fingerprint density at radius 2 is 1.96 bits per heavy atom. The van der Waals surface area contributed by atoms with Crippen LogP contribution in [-0.4, -0.2) is 36.3 Å². The van der Waals surface area contributed by atoms with Gasteiger partial charge >= 0.3 is 0 Å². The molecule has 2 aromatic carbocycles. The minimum Gasteiger partial charge on any atom is -0.595 e. The van der Waals surface area contributed by atoms with E-state index in [1.54, 1.807) is 7.11 Å². The molecule has 0 saturated heterocycles. The molecule has 2 heterocycles. The fraction of sp³-hybridized carbons (Fsp3) is 0.381. The molecule has 6 heteroatoms. The number of aryl methyl sites for hydroxylation is 1. The van der Waals surface area contributed by atoms with Gasteiger partial charge in [0.1, 0.15) is 28.2 Å². The molecule has 0 spiro atoms. The summed E-state index contributed by atoms with van der Waals surface area (Å²) in [6, 6.07) is 9.63. The van der Waals surface area contributed by atoms with E-state index < -0.39 is 0 Å². The Balaban J connectivity index is 1.90. The molecule has 4 rings (SSSR count). The number of likely N-dealkylation sites (N-methyl/N-ethyl adjacent to an activating group) is 1. The second-order valence-electron chi connectivity index (χ2n) is 6.84. The Morgan fingerprint density at radius 1 is 1.19 bits per heavy atom. The van der Waals surface area contributed by atoms with Crippen LogP contribution >= 0.6 is 0 Å². The van der Waals surface area contributed by atoms with E-state index in [1.165, 1.54) is 0 Å². The zero-order valence-electron chi connectivity index (χ0n) is 16.3. The smallest absolute Gasteiger partial charge is 0.266 e. The van der Waals surface area contributed by atoms with Gasteiger partial charge in [-0.1, -0.05) is 24.8 Å². The summed E-state index contributed by atoms with van der Waals surface area (Å²) in [6.45, 7) is 9.69. The van der Waals surface area contributed by atoms with Gasteiger partial charge in [-0.25, -0.2) is 0 Å². The number of hydrogen-bond acceptors (Lipinski definition) is 4. The minimum atomic E-state index is 0.635. The van der Waals surface area contributed by atoms with Crippen molar-refractivity contribution in [2.45, 2.75) is 27.3 Å². The molecule has 0 saturated carbocycles. The van der Waals surface area contributed by atoms with Gasteiger partial charge in [0, 0.05) is 12.6 Å². The van der Waals surface area contributed by atoms with Crippen LogP contribution in [-0.2, 0) is 6.54 Å². The normalized spacial score (nSPS) is 12.3. The lowest BCUT2D eigenvalue weighted by Gasteiger charge is -2.18. The van der Waals surface area contributed by atoms with Gasteiger partial charge in [-0.3, -0.25) is 0 Å². The van der Waals surface area contributed by atoms with E-state index in [0.29, 0.717) is 23.7 Å². The summed E-state index contributed by atoms with van der Waals surface area (Å²) >= 11 is 0. The Kier molecular flexibility index (Phi) is 4.44. The summed E-state index contributed by atoms with van der Waals surface area (Å²) in [7, 11) is 1.62. The average Bonchev–Trinajstić information content (AvgIpc) is 2.98. The van der Waals surface area contributed by atoms with Crippen molar-refractivity contribution >= 4 is 10.9 Å². The zero-order chi connectivity index (χ0) is 19.1. The molecule has 6 nitrogen and oxygen atoms in total. The Morgan fingerprint density at radius 3 is 2.67 bits per heavy atom. The van der Waals surface area contributed by atoms with Gasteiger partial charge in [-0.15, -0.1) is 4.68 Å². The van der Waals surface area contributed by atoms with Crippen molar-refractivity contribution in [3.8, 4) is 28.5 Å². The second-order valence-corrected chi connectivity index (χ2v) is 6.84. The average molecular weight is 367 g/mol. The van der Waals surface area contributed by atoms with Crippen molar-refractivity contribution in [2.75, 3.05) is 26.7 Å². The monoisotopic (exact) mass is 367 g/mol. The maximum absolute atomic E-state index is 13.3. The highest BCUT2D eigenvalue weighted by Gasteiger charge is 2.33. The molecule has 0 aliphatic carbocycles. The highest BCUT2D eigenvalue weighted by atomic mass is 16.5. The number of ether oxygens (including phenoxy) is 2. The molecule has 1 aliphatic rings. The first-order valence-corrected chi connectivity index (χ1v) is 9.43.